The van der Waals surface area contributed by atoms with Gasteiger partial charge in [-0.15, -0.1) is 0 Å². The van der Waals surface area contributed by atoms with Crippen molar-refractivity contribution in [2.75, 3.05) is 11.5 Å². The summed E-state index contributed by atoms with van der Waals surface area (Å²) in [6.07, 6.45) is -0.385. The van der Waals surface area contributed by atoms with Crippen molar-refractivity contribution in [1.82, 2.24) is 4.90 Å². The first-order valence-electron chi connectivity index (χ1n) is 10.2. The Balaban J connectivity index is 1.77. The van der Waals surface area contributed by atoms with E-state index in [0.29, 0.717) is 18.1 Å². The second-order valence-corrected chi connectivity index (χ2v) is 10.4. The molecule has 5 nitrogen and oxygen atoms in total. The van der Waals surface area contributed by atoms with E-state index in [4.69, 9.17) is 4.74 Å². The van der Waals surface area contributed by atoms with Crippen LogP contribution in [0.3, 0.4) is 0 Å². The molecule has 2 aromatic rings. The van der Waals surface area contributed by atoms with Gasteiger partial charge in [-0.2, -0.15) is 0 Å². The maximum atomic E-state index is 13.3. The maximum Gasteiger partial charge on any atom is 0.263 e. The molecule has 0 saturated carbocycles. The van der Waals surface area contributed by atoms with E-state index in [1.54, 1.807) is 24.0 Å². The number of sulfone groups is 1. The molecule has 0 aromatic heterocycles. The van der Waals surface area contributed by atoms with E-state index in [2.05, 4.69) is 13.8 Å². The lowest BCUT2D eigenvalue weighted by molar-refractivity contribution is -0.140. The molecule has 1 aliphatic rings. The van der Waals surface area contributed by atoms with Crippen molar-refractivity contribution >= 4 is 15.7 Å². The topological polar surface area (TPSA) is 63.7 Å². The summed E-state index contributed by atoms with van der Waals surface area (Å²) in [5.41, 5.74) is 1.91. The predicted molar refractivity (Wildman–Crippen MR) is 115 cm³/mol. The van der Waals surface area contributed by atoms with Gasteiger partial charge < -0.3 is 9.64 Å². The molecule has 7 heteroatoms. The Morgan fingerprint density at radius 1 is 1.10 bits per heavy atom. The van der Waals surface area contributed by atoms with Gasteiger partial charge in [-0.3, -0.25) is 4.79 Å². The van der Waals surface area contributed by atoms with Crippen molar-refractivity contribution in [2.45, 2.75) is 51.8 Å². The number of hydrogen-bond acceptors (Lipinski definition) is 4. The van der Waals surface area contributed by atoms with Crippen LogP contribution in [0.4, 0.5) is 4.39 Å². The molecular weight excluding hydrogens is 405 g/mol. The number of ether oxygens (including phenoxy) is 1. The molecule has 2 atom stereocenters. The van der Waals surface area contributed by atoms with Gasteiger partial charge in [0, 0.05) is 12.6 Å². The molecular formula is C23H28FNO4S. The van der Waals surface area contributed by atoms with E-state index in [1.807, 2.05) is 24.3 Å². The summed E-state index contributed by atoms with van der Waals surface area (Å²) in [7, 11) is -3.17. The molecule has 0 radical (unpaired) electrons. The van der Waals surface area contributed by atoms with Crippen molar-refractivity contribution in [3.8, 4) is 5.75 Å². The Bertz CT molecular complexity index is 971. The summed E-state index contributed by atoms with van der Waals surface area (Å²) >= 11 is 0. The lowest BCUT2D eigenvalue weighted by atomic mass is 10.0. The lowest BCUT2D eigenvalue weighted by Gasteiger charge is -2.31. The zero-order valence-corrected chi connectivity index (χ0v) is 18.4. The van der Waals surface area contributed by atoms with Crippen molar-refractivity contribution in [3.05, 3.63) is 65.5 Å². The number of carbonyl (C=O) groups excluding carboxylic acids is 1. The van der Waals surface area contributed by atoms with Crippen LogP contribution in [0.25, 0.3) is 0 Å². The molecule has 0 N–H and O–H groups in total. The molecule has 0 spiro atoms. The van der Waals surface area contributed by atoms with Crippen molar-refractivity contribution in [1.29, 1.82) is 0 Å². The van der Waals surface area contributed by atoms with Gasteiger partial charge in [-0.25, -0.2) is 12.8 Å². The first-order valence-corrected chi connectivity index (χ1v) is 12.0. The minimum atomic E-state index is -3.17. The zero-order chi connectivity index (χ0) is 21.9. The largest absolute Gasteiger partial charge is 0.481 e. The lowest BCUT2D eigenvalue weighted by Crippen LogP contribution is -2.46. The number of carbonyl (C=O) groups is 1. The van der Waals surface area contributed by atoms with Crippen LogP contribution in [0.2, 0.25) is 0 Å². The van der Waals surface area contributed by atoms with Crippen LogP contribution >= 0.6 is 0 Å². The van der Waals surface area contributed by atoms with E-state index >= 15 is 0 Å². The third-order valence-corrected chi connectivity index (χ3v) is 7.16. The Hall–Kier alpha value is -2.41. The molecule has 0 bridgehead atoms. The van der Waals surface area contributed by atoms with Gasteiger partial charge in [-0.05, 0) is 54.7 Å². The molecule has 2 aromatic carbocycles. The normalized spacial score (nSPS) is 18.9. The highest BCUT2D eigenvalue weighted by atomic mass is 32.2. The number of hydrogen-bond donors (Lipinski definition) is 0. The Labute approximate surface area is 177 Å². The average molecular weight is 434 g/mol. The monoisotopic (exact) mass is 433 g/mol. The summed E-state index contributed by atoms with van der Waals surface area (Å²) in [5, 5.41) is 0. The summed E-state index contributed by atoms with van der Waals surface area (Å²) in [6, 6.07) is 13.1. The van der Waals surface area contributed by atoms with Crippen molar-refractivity contribution in [2.24, 2.45) is 0 Å². The third-order valence-electron chi connectivity index (χ3n) is 5.41. The van der Waals surface area contributed by atoms with Crippen LogP contribution in [-0.4, -0.2) is 42.9 Å². The van der Waals surface area contributed by atoms with Crippen LogP contribution in [0, 0.1) is 5.82 Å². The van der Waals surface area contributed by atoms with E-state index < -0.39 is 22.0 Å². The standard InChI is InChI=1S/C23H28FNO4S/c1-16(2)19-6-10-22(11-7-19)29-17(3)23(26)25(21-12-13-30(27,28)15-21)14-18-4-8-20(24)9-5-18/h4-11,16-17,21H,12-15H2,1-3H3. The first-order chi connectivity index (χ1) is 14.1. The van der Waals surface area contributed by atoms with Gasteiger partial charge >= 0.3 is 0 Å². The van der Waals surface area contributed by atoms with Gasteiger partial charge in [0.25, 0.3) is 5.91 Å². The zero-order valence-electron chi connectivity index (χ0n) is 17.5. The molecule has 1 aliphatic heterocycles. The molecule has 162 valence electrons. The van der Waals surface area contributed by atoms with Crippen molar-refractivity contribution in [3.63, 3.8) is 0 Å². The predicted octanol–water partition coefficient (Wildman–Crippen LogP) is 3.93. The molecule has 30 heavy (non-hydrogen) atoms. The molecule has 2 unspecified atom stereocenters. The van der Waals surface area contributed by atoms with Gasteiger partial charge in [0.1, 0.15) is 11.6 Å². The van der Waals surface area contributed by atoms with Crippen LogP contribution < -0.4 is 4.74 Å². The highest BCUT2D eigenvalue weighted by molar-refractivity contribution is 7.91. The van der Waals surface area contributed by atoms with Gasteiger partial charge in [0.2, 0.25) is 0 Å². The van der Waals surface area contributed by atoms with E-state index in [1.165, 1.54) is 17.7 Å². The number of nitrogens with zero attached hydrogens (tertiary/aromatic N) is 1. The van der Waals surface area contributed by atoms with Crippen LogP contribution in [0.5, 0.6) is 5.75 Å². The third kappa shape index (κ3) is 5.59. The summed E-state index contributed by atoms with van der Waals surface area (Å²) < 4.78 is 43.1. The van der Waals surface area contributed by atoms with E-state index in [0.717, 1.165) is 5.56 Å². The molecule has 1 amide bonds. The minimum absolute atomic E-state index is 0.0598. The van der Waals surface area contributed by atoms with Gasteiger partial charge in [-0.1, -0.05) is 38.1 Å². The number of halogens is 1. The van der Waals surface area contributed by atoms with Crippen LogP contribution in [-0.2, 0) is 21.2 Å². The fourth-order valence-electron chi connectivity index (χ4n) is 3.61. The molecule has 0 aliphatic carbocycles. The summed E-state index contributed by atoms with van der Waals surface area (Å²) in [5.74, 6) is 0.345. The second kappa shape index (κ2) is 9.16. The smallest absolute Gasteiger partial charge is 0.263 e. The van der Waals surface area contributed by atoms with E-state index in [9.17, 15) is 17.6 Å². The molecule has 3 rings (SSSR count). The van der Waals surface area contributed by atoms with Crippen LogP contribution in [0.1, 0.15) is 44.2 Å². The highest BCUT2D eigenvalue weighted by Crippen LogP contribution is 2.24. The minimum Gasteiger partial charge on any atom is -0.481 e. The van der Waals surface area contributed by atoms with Gasteiger partial charge in [0.15, 0.2) is 15.9 Å². The second-order valence-electron chi connectivity index (χ2n) is 8.13. The molecule has 1 heterocycles. The van der Waals surface area contributed by atoms with Crippen LogP contribution in [0.15, 0.2) is 48.5 Å². The Morgan fingerprint density at radius 2 is 1.73 bits per heavy atom. The molecule has 1 fully saturated rings. The first kappa shape index (κ1) is 22.3. The fourth-order valence-corrected chi connectivity index (χ4v) is 5.34. The van der Waals surface area contributed by atoms with E-state index in [-0.39, 0.29) is 29.8 Å². The van der Waals surface area contributed by atoms with Crippen molar-refractivity contribution < 1.29 is 22.3 Å². The SMILES string of the molecule is CC(Oc1ccc(C(C)C)cc1)C(=O)N(Cc1ccc(F)cc1)C1CCS(=O)(=O)C1. The van der Waals surface area contributed by atoms with Gasteiger partial charge in [0.05, 0.1) is 11.5 Å². The Morgan fingerprint density at radius 3 is 2.27 bits per heavy atom. The summed E-state index contributed by atoms with van der Waals surface area (Å²) in [4.78, 5) is 14.8. The number of rotatable bonds is 7. The average Bonchev–Trinajstić information content (AvgIpc) is 3.06. The number of benzene rings is 2. The molecule has 1 saturated heterocycles. The highest BCUT2D eigenvalue weighted by Gasteiger charge is 2.36. The Kier molecular flexibility index (Phi) is 6.81. The summed E-state index contributed by atoms with van der Waals surface area (Å²) in [6.45, 7) is 6.08. The fraction of sp³-hybridized carbons (Fsp3) is 0.435. The number of amides is 1. The maximum absolute atomic E-state index is 13.3. The quantitative estimate of drug-likeness (QED) is 0.664.